The Morgan fingerprint density at radius 1 is 1.29 bits per heavy atom. The molecule has 1 aromatic rings. The van der Waals surface area contributed by atoms with Gasteiger partial charge in [0.1, 0.15) is 0 Å². The highest BCUT2D eigenvalue weighted by atomic mass is 32.2. The summed E-state index contributed by atoms with van der Waals surface area (Å²) in [7, 11) is -3.86. The number of aromatic nitrogens is 1. The van der Waals surface area contributed by atoms with E-state index < -0.39 is 23.0 Å². The summed E-state index contributed by atoms with van der Waals surface area (Å²) in [6.45, 7) is -0.238. The van der Waals surface area contributed by atoms with Crippen LogP contribution in [-0.4, -0.2) is 32.0 Å². The predicted molar refractivity (Wildman–Crippen MR) is 73.8 cm³/mol. The summed E-state index contributed by atoms with van der Waals surface area (Å²) in [6, 6.07) is 2.46. The molecule has 118 valence electrons. The summed E-state index contributed by atoms with van der Waals surface area (Å²) in [4.78, 5) is 0.0719. The van der Waals surface area contributed by atoms with Gasteiger partial charge in [0.25, 0.3) is 6.43 Å². The van der Waals surface area contributed by atoms with Crippen LogP contribution in [0.3, 0.4) is 0 Å². The quantitative estimate of drug-likeness (QED) is 0.765. The number of hydrogen-bond donors (Lipinski definition) is 2. The number of rotatable bonds is 8. The molecule has 0 saturated heterocycles. The van der Waals surface area contributed by atoms with Crippen molar-refractivity contribution in [2.45, 2.75) is 55.6 Å². The van der Waals surface area contributed by atoms with Gasteiger partial charge in [-0.1, -0.05) is 0 Å². The summed E-state index contributed by atoms with van der Waals surface area (Å²) >= 11 is 0. The molecule has 0 aromatic carbocycles. The first-order chi connectivity index (χ1) is 9.95. The highest BCUT2D eigenvalue weighted by Gasteiger charge is 2.29. The molecule has 21 heavy (non-hydrogen) atoms. The number of hydrogen-bond acceptors (Lipinski definition) is 3. The van der Waals surface area contributed by atoms with Crippen molar-refractivity contribution in [3.8, 4) is 0 Å². The van der Waals surface area contributed by atoms with E-state index in [1.807, 2.05) is 9.29 Å². The van der Waals surface area contributed by atoms with Gasteiger partial charge in [-0.15, -0.1) is 0 Å². The molecule has 5 nitrogen and oxygen atoms in total. The number of sulfonamides is 1. The van der Waals surface area contributed by atoms with E-state index in [1.165, 1.54) is 0 Å². The van der Waals surface area contributed by atoms with Crippen molar-refractivity contribution in [3.63, 3.8) is 0 Å². The fourth-order valence-corrected chi connectivity index (χ4v) is 3.33. The highest BCUT2D eigenvalue weighted by molar-refractivity contribution is 7.89. The molecule has 2 fully saturated rings. The van der Waals surface area contributed by atoms with Gasteiger partial charge in [0.15, 0.2) is 0 Å². The minimum Gasteiger partial charge on any atom is -0.346 e. The summed E-state index contributed by atoms with van der Waals surface area (Å²) in [5.74, 6) is 0. The Kier molecular flexibility index (Phi) is 4.02. The normalized spacial score (nSPS) is 19.4. The van der Waals surface area contributed by atoms with Gasteiger partial charge in [-0.2, -0.15) is 0 Å². The number of alkyl halides is 2. The van der Waals surface area contributed by atoms with Crippen LogP contribution in [0.5, 0.6) is 0 Å². The van der Waals surface area contributed by atoms with Crippen LogP contribution >= 0.6 is 0 Å². The van der Waals surface area contributed by atoms with Crippen molar-refractivity contribution in [2.24, 2.45) is 0 Å². The lowest BCUT2D eigenvalue weighted by molar-refractivity contribution is 0.153. The first-order valence-electron chi connectivity index (χ1n) is 7.17. The van der Waals surface area contributed by atoms with Gasteiger partial charge < -0.3 is 9.88 Å². The van der Waals surface area contributed by atoms with Crippen molar-refractivity contribution in [1.82, 2.24) is 14.6 Å². The van der Waals surface area contributed by atoms with Crippen molar-refractivity contribution in [3.05, 3.63) is 18.0 Å². The van der Waals surface area contributed by atoms with Gasteiger partial charge in [-0.3, -0.25) is 0 Å². The zero-order valence-electron chi connectivity index (χ0n) is 11.6. The van der Waals surface area contributed by atoms with Crippen LogP contribution in [0.15, 0.2) is 17.2 Å². The molecule has 8 heteroatoms. The maximum absolute atomic E-state index is 12.2. The Bertz CT molecular complexity index is 607. The first-order valence-corrected chi connectivity index (χ1v) is 8.66. The molecule has 0 spiro atoms. The monoisotopic (exact) mass is 319 g/mol. The van der Waals surface area contributed by atoms with Gasteiger partial charge in [0.05, 0.1) is 11.4 Å². The second-order valence-corrected chi connectivity index (χ2v) is 7.47. The second-order valence-electron chi connectivity index (χ2n) is 5.70. The number of halogens is 2. The molecule has 1 aromatic heterocycles. The lowest BCUT2D eigenvalue weighted by Gasteiger charge is -2.07. The molecule has 0 atom stereocenters. The van der Waals surface area contributed by atoms with E-state index in [4.69, 9.17) is 0 Å². The van der Waals surface area contributed by atoms with Crippen molar-refractivity contribution in [1.29, 1.82) is 0 Å². The molecule has 0 unspecified atom stereocenters. The zero-order valence-corrected chi connectivity index (χ0v) is 12.4. The average molecular weight is 319 g/mol. The largest absolute Gasteiger partial charge is 0.346 e. The van der Waals surface area contributed by atoms with Gasteiger partial charge in [0.2, 0.25) is 10.0 Å². The maximum Gasteiger partial charge on any atom is 0.251 e. The van der Waals surface area contributed by atoms with Crippen LogP contribution in [0.1, 0.15) is 37.4 Å². The molecule has 2 N–H and O–H groups in total. The van der Waals surface area contributed by atoms with Gasteiger partial charge in [-0.25, -0.2) is 21.9 Å². The fraction of sp³-hybridized carbons (Fsp3) is 0.692. The van der Waals surface area contributed by atoms with Gasteiger partial charge >= 0.3 is 0 Å². The Hall–Kier alpha value is -0.990. The molecule has 0 radical (unpaired) electrons. The summed E-state index contributed by atoms with van der Waals surface area (Å²) in [5.41, 5.74) is 0.904. The highest BCUT2D eigenvalue weighted by Crippen LogP contribution is 2.37. The predicted octanol–water partition coefficient (Wildman–Crippen LogP) is 1.62. The number of nitrogens with one attached hydrogen (secondary N) is 2. The van der Waals surface area contributed by atoms with E-state index >= 15 is 0 Å². The minimum atomic E-state index is -3.86. The molecule has 2 saturated carbocycles. The molecule has 2 aliphatic rings. The van der Waals surface area contributed by atoms with Crippen LogP contribution in [0.25, 0.3) is 0 Å². The second kappa shape index (κ2) is 5.66. The lowest BCUT2D eigenvalue weighted by atomic mass is 10.4. The molecule has 0 amide bonds. The van der Waals surface area contributed by atoms with E-state index in [2.05, 4.69) is 5.32 Å². The summed E-state index contributed by atoms with van der Waals surface area (Å²) in [6.07, 6.45) is 3.26. The standard InChI is InChI=1S/C13H19F2N3O2S/c14-13(15)7-17-21(19,20)12-5-11(6-16-9-1-2-9)18(8-12)10-3-4-10/h5,8-10,13,16-17H,1-4,6-7H2. The molecular formula is C13H19F2N3O2S. The molecule has 2 aliphatic carbocycles. The smallest absolute Gasteiger partial charge is 0.251 e. The van der Waals surface area contributed by atoms with Crippen molar-refractivity contribution >= 4 is 10.0 Å². The Labute approximate surface area is 122 Å². The van der Waals surface area contributed by atoms with Crippen molar-refractivity contribution < 1.29 is 17.2 Å². The van der Waals surface area contributed by atoms with Crippen LogP contribution < -0.4 is 10.0 Å². The minimum absolute atomic E-state index is 0.0719. The summed E-state index contributed by atoms with van der Waals surface area (Å²) < 4.78 is 52.3. The zero-order chi connectivity index (χ0) is 15.0. The Morgan fingerprint density at radius 2 is 2.00 bits per heavy atom. The van der Waals surface area contributed by atoms with Crippen LogP contribution in [-0.2, 0) is 16.6 Å². The number of nitrogens with zero attached hydrogens (tertiary/aromatic N) is 1. The third-order valence-corrected chi connectivity index (χ3v) is 5.12. The van der Waals surface area contributed by atoms with E-state index in [0.29, 0.717) is 18.6 Å². The van der Waals surface area contributed by atoms with E-state index in [1.54, 1.807) is 12.3 Å². The molecule has 3 rings (SSSR count). The van der Waals surface area contributed by atoms with Crippen molar-refractivity contribution in [2.75, 3.05) is 6.54 Å². The average Bonchev–Trinajstić information content (AvgIpc) is 3.34. The van der Waals surface area contributed by atoms with Gasteiger partial charge in [-0.05, 0) is 31.7 Å². The topological polar surface area (TPSA) is 63.1 Å². The van der Waals surface area contributed by atoms with Crippen LogP contribution in [0, 0.1) is 0 Å². The van der Waals surface area contributed by atoms with E-state index in [0.717, 1.165) is 31.4 Å². The SMILES string of the molecule is O=S(=O)(NCC(F)F)c1cc(CNC2CC2)n(C2CC2)c1. The summed E-state index contributed by atoms with van der Waals surface area (Å²) in [5, 5.41) is 3.35. The van der Waals surface area contributed by atoms with Gasteiger partial charge in [0, 0.05) is 30.5 Å². The molecular weight excluding hydrogens is 300 g/mol. The van der Waals surface area contributed by atoms with E-state index in [-0.39, 0.29) is 4.90 Å². The fourth-order valence-electron chi connectivity index (χ4n) is 2.27. The maximum atomic E-state index is 12.2. The molecule has 1 heterocycles. The molecule has 0 bridgehead atoms. The first kappa shape index (κ1) is 14.9. The van der Waals surface area contributed by atoms with Crippen LogP contribution in [0.4, 0.5) is 8.78 Å². The Balaban J connectivity index is 1.76. The van der Waals surface area contributed by atoms with E-state index in [9.17, 15) is 17.2 Å². The molecule has 0 aliphatic heterocycles. The third kappa shape index (κ3) is 3.81. The van der Waals surface area contributed by atoms with Crippen LogP contribution in [0.2, 0.25) is 0 Å². The third-order valence-electron chi connectivity index (χ3n) is 3.73. The lowest BCUT2D eigenvalue weighted by Crippen LogP contribution is -2.28. The Morgan fingerprint density at radius 3 is 2.57 bits per heavy atom.